The van der Waals surface area contributed by atoms with Crippen molar-refractivity contribution in [3.05, 3.63) is 29.8 Å². The maximum Gasteiger partial charge on any atom is 0.257 e. The Labute approximate surface area is 113 Å². The lowest BCUT2D eigenvalue weighted by Gasteiger charge is -2.13. The molecule has 0 aliphatic heterocycles. The van der Waals surface area contributed by atoms with E-state index in [0.29, 0.717) is 16.7 Å². The highest BCUT2D eigenvalue weighted by Gasteiger charge is 2.40. The Morgan fingerprint density at radius 3 is 2.63 bits per heavy atom. The fourth-order valence-electron chi connectivity index (χ4n) is 1.94. The highest BCUT2D eigenvalue weighted by atomic mass is 16.5. The summed E-state index contributed by atoms with van der Waals surface area (Å²) in [6, 6.07) is 8.76. The number of benzene rings is 1. The molecule has 0 aromatic heterocycles. The SMILES string of the molecule is CCC1(CNC(=O)COc2ccc(C#N)cc2)CC1. The van der Waals surface area contributed by atoms with Crippen molar-refractivity contribution in [1.82, 2.24) is 5.32 Å². The summed E-state index contributed by atoms with van der Waals surface area (Å²) in [6.45, 7) is 2.93. The number of nitrogens with one attached hydrogen (secondary N) is 1. The van der Waals surface area contributed by atoms with Gasteiger partial charge in [0, 0.05) is 6.54 Å². The topological polar surface area (TPSA) is 62.1 Å². The zero-order chi connectivity index (χ0) is 13.7. The van der Waals surface area contributed by atoms with Gasteiger partial charge in [0.2, 0.25) is 0 Å². The predicted molar refractivity (Wildman–Crippen MR) is 71.6 cm³/mol. The summed E-state index contributed by atoms with van der Waals surface area (Å²) in [6.07, 6.45) is 3.53. The van der Waals surface area contributed by atoms with Crippen LogP contribution in [-0.2, 0) is 4.79 Å². The second-order valence-electron chi connectivity index (χ2n) is 5.06. The van der Waals surface area contributed by atoms with E-state index in [1.165, 1.54) is 12.8 Å². The fraction of sp³-hybridized carbons (Fsp3) is 0.467. The lowest BCUT2D eigenvalue weighted by Crippen LogP contribution is -2.33. The van der Waals surface area contributed by atoms with Crippen LogP contribution in [0.2, 0.25) is 0 Å². The summed E-state index contributed by atoms with van der Waals surface area (Å²) in [5, 5.41) is 11.6. The Morgan fingerprint density at radius 2 is 2.11 bits per heavy atom. The molecular weight excluding hydrogens is 240 g/mol. The number of amides is 1. The Kier molecular flexibility index (Phi) is 4.06. The van der Waals surface area contributed by atoms with Gasteiger partial charge in [-0.2, -0.15) is 5.26 Å². The average Bonchev–Trinajstić information content (AvgIpc) is 3.24. The van der Waals surface area contributed by atoms with E-state index in [1.807, 2.05) is 6.07 Å². The molecule has 4 nitrogen and oxygen atoms in total. The van der Waals surface area contributed by atoms with Crippen LogP contribution in [-0.4, -0.2) is 19.1 Å². The smallest absolute Gasteiger partial charge is 0.257 e. The molecule has 1 aromatic rings. The number of nitriles is 1. The van der Waals surface area contributed by atoms with Crippen LogP contribution in [0.5, 0.6) is 5.75 Å². The molecule has 0 heterocycles. The van der Waals surface area contributed by atoms with E-state index in [2.05, 4.69) is 12.2 Å². The van der Waals surface area contributed by atoms with Crippen LogP contribution in [0.1, 0.15) is 31.7 Å². The molecule has 0 radical (unpaired) electrons. The predicted octanol–water partition coefficient (Wildman–Crippen LogP) is 2.24. The molecule has 1 aliphatic rings. The summed E-state index contributed by atoms with van der Waals surface area (Å²) in [5.74, 6) is 0.509. The van der Waals surface area contributed by atoms with E-state index in [0.717, 1.165) is 13.0 Å². The van der Waals surface area contributed by atoms with Gasteiger partial charge in [0.15, 0.2) is 6.61 Å². The van der Waals surface area contributed by atoms with Crippen LogP contribution < -0.4 is 10.1 Å². The maximum absolute atomic E-state index is 11.6. The number of carbonyl (C=O) groups is 1. The van der Waals surface area contributed by atoms with Gasteiger partial charge in [-0.05, 0) is 48.9 Å². The minimum Gasteiger partial charge on any atom is -0.484 e. The summed E-state index contributed by atoms with van der Waals surface area (Å²) < 4.78 is 5.37. The molecule has 1 aliphatic carbocycles. The molecule has 1 aromatic carbocycles. The molecule has 0 unspecified atom stereocenters. The largest absolute Gasteiger partial charge is 0.484 e. The Hall–Kier alpha value is -2.02. The summed E-state index contributed by atoms with van der Waals surface area (Å²) in [7, 11) is 0. The third-order valence-electron chi connectivity index (χ3n) is 3.72. The molecule has 0 saturated heterocycles. The van der Waals surface area contributed by atoms with Crippen LogP contribution in [0.3, 0.4) is 0 Å². The first kappa shape index (κ1) is 13.4. The molecule has 4 heteroatoms. The number of ether oxygens (including phenoxy) is 1. The van der Waals surface area contributed by atoms with Gasteiger partial charge in [-0.1, -0.05) is 6.92 Å². The molecule has 100 valence electrons. The monoisotopic (exact) mass is 258 g/mol. The third kappa shape index (κ3) is 3.72. The van der Waals surface area contributed by atoms with Crippen LogP contribution >= 0.6 is 0 Å². The van der Waals surface area contributed by atoms with E-state index in [4.69, 9.17) is 10.00 Å². The number of hydrogen-bond acceptors (Lipinski definition) is 3. The maximum atomic E-state index is 11.6. The van der Waals surface area contributed by atoms with Crippen molar-refractivity contribution < 1.29 is 9.53 Å². The summed E-state index contributed by atoms with van der Waals surface area (Å²) in [5.41, 5.74) is 0.930. The minimum absolute atomic E-state index is 0.0195. The van der Waals surface area contributed by atoms with Crippen molar-refractivity contribution in [3.8, 4) is 11.8 Å². The molecule has 19 heavy (non-hydrogen) atoms. The molecule has 2 rings (SSSR count). The summed E-state index contributed by atoms with van der Waals surface area (Å²) >= 11 is 0. The molecular formula is C15H18N2O2. The van der Waals surface area contributed by atoms with Gasteiger partial charge in [0.1, 0.15) is 5.75 Å². The lowest BCUT2D eigenvalue weighted by atomic mass is 10.0. The van der Waals surface area contributed by atoms with Crippen molar-refractivity contribution in [2.75, 3.05) is 13.2 Å². The molecule has 0 bridgehead atoms. The van der Waals surface area contributed by atoms with E-state index in [9.17, 15) is 4.79 Å². The van der Waals surface area contributed by atoms with E-state index < -0.39 is 0 Å². The Morgan fingerprint density at radius 1 is 1.42 bits per heavy atom. The van der Waals surface area contributed by atoms with Gasteiger partial charge in [0.25, 0.3) is 5.91 Å². The fourth-order valence-corrected chi connectivity index (χ4v) is 1.94. The van der Waals surface area contributed by atoms with E-state index in [-0.39, 0.29) is 12.5 Å². The van der Waals surface area contributed by atoms with Gasteiger partial charge in [-0.25, -0.2) is 0 Å². The normalized spacial score (nSPS) is 15.4. The second kappa shape index (κ2) is 5.75. The van der Waals surface area contributed by atoms with Gasteiger partial charge < -0.3 is 10.1 Å². The Balaban J connectivity index is 1.72. The molecule has 0 atom stereocenters. The van der Waals surface area contributed by atoms with Crippen molar-refractivity contribution in [2.24, 2.45) is 5.41 Å². The molecule has 1 saturated carbocycles. The summed E-state index contributed by atoms with van der Waals surface area (Å²) in [4.78, 5) is 11.6. The highest BCUT2D eigenvalue weighted by Crippen LogP contribution is 2.47. The van der Waals surface area contributed by atoms with Crippen molar-refractivity contribution in [3.63, 3.8) is 0 Å². The zero-order valence-electron chi connectivity index (χ0n) is 11.1. The average molecular weight is 258 g/mol. The highest BCUT2D eigenvalue weighted by molar-refractivity contribution is 5.77. The quantitative estimate of drug-likeness (QED) is 0.851. The zero-order valence-corrected chi connectivity index (χ0v) is 11.1. The minimum atomic E-state index is -0.0934. The molecule has 1 N–H and O–H groups in total. The van der Waals surface area contributed by atoms with E-state index in [1.54, 1.807) is 24.3 Å². The van der Waals surface area contributed by atoms with Crippen molar-refractivity contribution >= 4 is 5.91 Å². The van der Waals surface area contributed by atoms with Gasteiger partial charge in [0.05, 0.1) is 11.6 Å². The Bertz CT molecular complexity index is 484. The number of rotatable bonds is 6. The molecule has 1 fully saturated rings. The van der Waals surface area contributed by atoms with Crippen molar-refractivity contribution in [1.29, 1.82) is 5.26 Å². The standard InChI is InChI=1S/C15H18N2O2/c1-2-15(7-8-15)11-17-14(18)10-19-13-5-3-12(9-16)4-6-13/h3-6H,2,7-8,10-11H2,1H3,(H,17,18). The van der Waals surface area contributed by atoms with Crippen LogP contribution in [0.25, 0.3) is 0 Å². The third-order valence-corrected chi connectivity index (χ3v) is 3.72. The first-order valence-electron chi connectivity index (χ1n) is 6.57. The van der Waals surface area contributed by atoms with Crippen LogP contribution in [0.15, 0.2) is 24.3 Å². The molecule has 1 amide bonds. The second-order valence-corrected chi connectivity index (χ2v) is 5.06. The van der Waals surface area contributed by atoms with Gasteiger partial charge in [-0.15, -0.1) is 0 Å². The number of hydrogen-bond donors (Lipinski definition) is 1. The van der Waals surface area contributed by atoms with E-state index >= 15 is 0 Å². The first-order valence-corrected chi connectivity index (χ1v) is 6.57. The van der Waals surface area contributed by atoms with Crippen LogP contribution in [0.4, 0.5) is 0 Å². The number of nitrogens with zero attached hydrogens (tertiary/aromatic N) is 1. The lowest BCUT2D eigenvalue weighted by molar-refractivity contribution is -0.123. The van der Waals surface area contributed by atoms with Gasteiger partial charge >= 0.3 is 0 Å². The number of carbonyl (C=O) groups excluding carboxylic acids is 1. The molecule has 0 spiro atoms. The first-order chi connectivity index (χ1) is 9.17. The van der Waals surface area contributed by atoms with Crippen molar-refractivity contribution in [2.45, 2.75) is 26.2 Å². The van der Waals surface area contributed by atoms with Crippen LogP contribution in [0, 0.1) is 16.7 Å². The van der Waals surface area contributed by atoms with Gasteiger partial charge in [-0.3, -0.25) is 4.79 Å².